The predicted molar refractivity (Wildman–Crippen MR) is 72.8 cm³/mol. The number of fused-ring (bicyclic) bond motifs is 1. The molecule has 18 heavy (non-hydrogen) atoms. The van der Waals surface area contributed by atoms with Gasteiger partial charge in [0.2, 0.25) is 0 Å². The molecule has 0 spiro atoms. The van der Waals surface area contributed by atoms with E-state index in [-0.39, 0.29) is 5.97 Å². The summed E-state index contributed by atoms with van der Waals surface area (Å²) in [6.45, 7) is 1.77. The lowest BCUT2D eigenvalue weighted by Crippen LogP contribution is -2.37. The van der Waals surface area contributed by atoms with Crippen LogP contribution >= 0.6 is 12.6 Å². The molecule has 2 rings (SSSR count). The maximum Gasteiger partial charge on any atom is 0.318 e. The molecule has 0 aliphatic carbocycles. The Hall–Kier alpha value is -1.62. The highest BCUT2D eigenvalue weighted by Crippen LogP contribution is 2.30. The molecule has 0 fully saturated rings. The molecular weight excluding hydrogens is 248 g/mol. The van der Waals surface area contributed by atoms with Gasteiger partial charge >= 0.3 is 5.97 Å². The van der Waals surface area contributed by atoms with Gasteiger partial charge in [0.15, 0.2) is 0 Å². The van der Waals surface area contributed by atoms with Crippen molar-refractivity contribution in [2.75, 3.05) is 12.9 Å². The first-order chi connectivity index (χ1) is 8.63. The van der Waals surface area contributed by atoms with Crippen molar-refractivity contribution in [1.29, 1.82) is 0 Å². The predicted octanol–water partition coefficient (Wildman–Crippen LogP) is 1.99. The van der Waals surface area contributed by atoms with Crippen LogP contribution in [0.1, 0.15) is 12.6 Å². The van der Waals surface area contributed by atoms with Gasteiger partial charge in [0, 0.05) is 16.5 Å². The summed E-state index contributed by atoms with van der Waals surface area (Å²) in [6, 6.07) is 7.68. The number of methoxy groups -OCH3 is 1. The van der Waals surface area contributed by atoms with Gasteiger partial charge in [0.05, 0.1) is 19.0 Å². The first-order valence-corrected chi connectivity index (χ1v) is 6.17. The third kappa shape index (κ3) is 1.95. The Balaban J connectivity index is 2.69. The lowest BCUT2D eigenvalue weighted by atomic mass is 9.86. The van der Waals surface area contributed by atoms with Crippen LogP contribution in [0.15, 0.2) is 30.5 Å². The van der Waals surface area contributed by atoms with Gasteiger partial charge in [-0.2, -0.15) is 22.8 Å². The van der Waals surface area contributed by atoms with E-state index in [0.29, 0.717) is 11.4 Å². The zero-order chi connectivity index (χ0) is 13.2. The molecule has 1 heterocycles. The van der Waals surface area contributed by atoms with Crippen molar-refractivity contribution in [3.05, 3.63) is 36.2 Å². The van der Waals surface area contributed by atoms with Gasteiger partial charge in [-0.3, -0.25) is 4.79 Å². The molecule has 0 aliphatic heterocycles. The minimum absolute atomic E-state index is 0.308. The maximum atomic E-state index is 12.0. The van der Waals surface area contributed by atoms with Crippen molar-refractivity contribution >= 4 is 29.4 Å². The second kappa shape index (κ2) is 4.94. The Morgan fingerprint density at radius 2 is 2.17 bits per heavy atom. The van der Waals surface area contributed by atoms with Crippen LogP contribution in [0.2, 0.25) is 0 Å². The lowest BCUT2D eigenvalue weighted by molar-refractivity contribution is -0.146. The van der Waals surface area contributed by atoms with Gasteiger partial charge < -0.3 is 4.74 Å². The summed E-state index contributed by atoms with van der Waals surface area (Å²) in [5.41, 5.74) is -0.298. The molecule has 4 nitrogen and oxygen atoms in total. The molecule has 0 aliphatic rings. The smallest absolute Gasteiger partial charge is 0.318 e. The molecule has 0 saturated carbocycles. The Morgan fingerprint density at radius 1 is 1.44 bits per heavy atom. The van der Waals surface area contributed by atoms with Crippen LogP contribution in [0.25, 0.3) is 10.8 Å². The summed E-state index contributed by atoms with van der Waals surface area (Å²) in [5, 5.41) is 9.91. The fraction of sp³-hybridized carbons (Fsp3) is 0.308. The second-order valence-electron chi connectivity index (χ2n) is 4.26. The van der Waals surface area contributed by atoms with Crippen LogP contribution in [0.5, 0.6) is 0 Å². The van der Waals surface area contributed by atoms with Gasteiger partial charge in [-0.05, 0) is 6.92 Å². The highest BCUT2D eigenvalue weighted by Gasteiger charge is 2.38. The average molecular weight is 262 g/mol. The van der Waals surface area contributed by atoms with Gasteiger partial charge in [-0.25, -0.2) is 0 Å². The fourth-order valence-corrected chi connectivity index (χ4v) is 2.18. The number of rotatable bonds is 3. The van der Waals surface area contributed by atoms with E-state index in [0.717, 1.165) is 10.8 Å². The molecule has 94 valence electrons. The Morgan fingerprint density at radius 3 is 2.83 bits per heavy atom. The van der Waals surface area contributed by atoms with E-state index in [9.17, 15) is 4.79 Å². The molecule has 5 heteroatoms. The minimum Gasteiger partial charge on any atom is -0.468 e. The number of ether oxygens (including phenoxy) is 1. The number of benzene rings is 1. The minimum atomic E-state index is -0.897. The van der Waals surface area contributed by atoms with E-state index in [4.69, 9.17) is 4.74 Å². The highest BCUT2D eigenvalue weighted by molar-refractivity contribution is 7.80. The topological polar surface area (TPSA) is 52.1 Å². The zero-order valence-electron chi connectivity index (χ0n) is 10.3. The SMILES string of the molecule is COC(=O)C(C)(CS)c1nncc2ccccc12. The van der Waals surface area contributed by atoms with Crippen molar-refractivity contribution in [3.8, 4) is 0 Å². The molecule has 2 aromatic rings. The number of nitrogens with zero attached hydrogens (tertiary/aromatic N) is 2. The van der Waals surface area contributed by atoms with Crippen LogP contribution in [0, 0.1) is 0 Å². The van der Waals surface area contributed by atoms with Crippen LogP contribution in [-0.2, 0) is 14.9 Å². The van der Waals surface area contributed by atoms with Gasteiger partial charge in [-0.1, -0.05) is 24.3 Å². The van der Waals surface area contributed by atoms with E-state index in [2.05, 4.69) is 22.8 Å². The Bertz CT molecular complexity index is 583. The number of carbonyl (C=O) groups is 1. The summed E-state index contributed by atoms with van der Waals surface area (Å²) in [7, 11) is 1.36. The quantitative estimate of drug-likeness (QED) is 0.679. The van der Waals surface area contributed by atoms with E-state index < -0.39 is 5.41 Å². The van der Waals surface area contributed by atoms with Crippen LogP contribution < -0.4 is 0 Å². The first kappa shape index (κ1) is 12.8. The van der Waals surface area contributed by atoms with Crippen molar-refractivity contribution in [2.24, 2.45) is 0 Å². The summed E-state index contributed by atoms with van der Waals surface area (Å²) in [6.07, 6.45) is 1.68. The largest absolute Gasteiger partial charge is 0.468 e. The van der Waals surface area contributed by atoms with Crippen LogP contribution in [0.3, 0.4) is 0 Å². The second-order valence-corrected chi connectivity index (χ2v) is 4.58. The third-order valence-corrected chi connectivity index (χ3v) is 3.68. The molecule has 1 aromatic heterocycles. The molecular formula is C13H14N2O2S. The summed E-state index contributed by atoms with van der Waals surface area (Å²) < 4.78 is 4.85. The molecule has 0 radical (unpaired) electrons. The Labute approximate surface area is 111 Å². The van der Waals surface area contributed by atoms with E-state index in [1.807, 2.05) is 24.3 Å². The van der Waals surface area contributed by atoms with E-state index in [1.165, 1.54) is 7.11 Å². The van der Waals surface area contributed by atoms with Crippen molar-refractivity contribution < 1.29 is 9.53 Å². The highest BCUT2D eigenvalue weighted by atomic mass is 32.1. The van der Waals surface area contributed by atoms with Crippen molar-refractivity contribution in [1.82, 2.24) is 10.2 Å². The van der Waals surface area contributed by atoms with Crippen molar-refractivity contribution in [2.45, 2.75) is 12.3 Å². The molecule has 1 atom stereocenters. The third-order valence-electron chi connectivity index (χ3n) is 3.05. The van der Waals surface area contributed by atoms with Crippen LogP contribution in [0.4, 0.5) is 0 Å². The molecule has 0 amide bonds. The molecule has 1 unspecified atom stereocenters. The molecule has 1 aromatic carbocycles. The number of hydrogen-bond donors (Lipinski definition) is 1. The van der Waals surface area contributed by atoms with Crippen LogP contribution in [-0.4, -0.2) is 29.0 Å². The number of aromatic nitrogens is 2. The van der Waals surface area contributed by atoms with Gasteiger partial charge in [0.25, 0.3) is 0 Å². The first-order valence-electron chi connectivity index (χ1n) is 5.53. The summed E-state index contributed by atoms with van der Waals surface area (Å²) in [5.74, 6) is -0.0503. The summed E-state index contributed by atoms with van der Waals surface area (Å²) in [4.78, 5) is 12.0. The molecule has 0 N–H and O–H groups in total. The molecule has 0 bridgehead atoms. The standard InChI is InChI=1S/C13H14N2O2S/c1-13(8-18,12(16)17-2)11-10-6-4-3-5-9(10)7-14-15-11/h3-7,18H,8H2,1-2H3. The molecule has 0 saturated heterocycles. The summed E-state index contributed by atoms with van der Waals surface area (Å²) >= 11 is 4.26. The average Bonchev–Trinajstić information content (AvgIpc) is 2.45. The van der Waals surface area contributed by atoms with Gasteiger partial charge in [0.1, 0.15) is 5.41 Å². The lowest BCUT2D eigenvalue weighted by Gasteiger charge is -2.24. The Kier molecular flexibility index (Phi) is 3.52. The number of thiol groups is 1. The van der Waals surface area contributed by atoms with Crippen molar-refractivity contribution in [3.63, 3.8) is 0 Å². The number of esters is 1. The monoisotopic (exact) mass is 262 g/mol. The maximum absolute atomic E-state index is 12.0. The van der Waals surface area contributed by atoms with E-state index in [1.54, 1.807) is 13.1 Å². The van der Waals surface area contributed by atoms with Gasteiger partial charge in [-0.15, -0.1) is 0 Å². The fourth-order valence-electron chi connectivity index (χ4n) is 1.90. The van der Waals surface area contributed by atoms with E-state index >= 15 is 0 Å². The normalized spacial score (nSPS) is 14.2. The number of hydrogen-bond acceptors (Lipinski definition) is 5. The number of carbonyl (C=O) groups excluding carboxylic acids is 1. The zero-order valence-corrected chi connectivity index (χ0v) is 11.1.